The molecule has 8 heteroatoms. The number of allylic oxidation sites excluding steroid dienone is 2. The molecular weight excluding hydrogens is 412 g/mol. The number of carbonyl (C=O) groups excluding carboxylic acids is 4. The second-order valence-corrected chi connectivity index (χ2v) is 6.46. The molecule has 0 bridgehead atoms. The largest absolute Gasteiger partial charge is 0.484 e. The first-order valence-corrected chi connectivity index (χ1v) is 9.75. The average molecular weight is 436 g/mol. The molecule has 0 spiro atoms. The SMILES string of the molecule is C=CC(=O)c1ccc(OCC(=O)NCCNC(=O)COc2ccc(C(=O)C=C)cc2)cc1. The average Bonchev–Trinajstić information content (AvgIpc) is 2.83. The first kappa shape index (κ1) is 24.1. The predicted molar refractivity (Wildman–Crippen MR) is 119 cm³/mol. The van der Waals surface area contributed by atoms with E-state index in [1.165, 1.54) is 12.2 Å². The molecular formula is C24H24N2O6. The third kappa shape index (κ3) is 7.91. The number of ketones is 2. The summed E-state index contributed by atoms with van der Waals surface area (Å²) in [7, 11) is 0. The van der Waals surface area contributed by atoms with E-state index in [0.29, 0.717) is 22.6 Å². The van der Waals surface area contributed by atoms with Crippen LogP contribution in [0.15, 0.2) is 73.8 Å². The Morgan fingerprint density at radius 1 is 0.656 bits per heavy atom. The number of nitrogens with one attached hydrogen (secondary N) is 2. The molecule has 2 aromatic carbocycles. The molecule has 0 aliphatic rings. The Hall–Kier alpha value is -4.20. The zero-order valence-electron chi connectivity index (χ0n) is 17.5. The minimum atomic E-state index is -0.351. The van der Waals surface area contributed by atoms with Crippen molar-refractivity contribution in [2.24, 2.45) is 0 Å². The predicted octanol–water partition coefficient (Wildman–Crippen LogP) is 2.11. The molecule has 0 radical (unpaired) electrons. The van der Waals surface area contributed by atoms with Crippen LogP contribution in [0.2, 0.25) is 0 Å². The lowest BCUT2D eigenvalue weighted by Crippen LogP contribution is -2.38. The normalized spacial score (nSPS) is 9.88. The van der Waals surface area contributed by atoms with Gasteiger partial charge in [-0.15, -0.1) is 0 Å². The Balaban J connectivity index is 1.60. The lowest BCUT2D eigenvalue weighted by molar-refractivity contribution is -0.124. The van der Waals surface area contributed by atoms with Gasteiger partial charge >= 0.3 is 0 Å². The van der Waals surface area contributed by atoms with Gasteiger partial charge in [0.15, 0.2) is 24.8 Å². The van der Waals surface area contributed by atoms with Gasteiger partial charge in [-0.2, -0.15) is 0 Å². The van der Waals surface area contributed by atoms with Crippen LogP contribution in [0, 0.1) is 0 Å². The summed E-state index contributed by atoms with van der Waals surface area (Å²) in [6.07, 6.45) is 2.44. The van der Waals surface area contributed by atoms with Crippen molar-refractivity contribution in [2.45, 2.75) is 0 Å². The summed E-state index contributed by atoms with van der Waals surface area (Å²) in [5, 5.41) is 5.23. The van der Waals surface area contributed by atoms with E-state index in [4.69, 9.17) is 9.47 Å². The van der Waals surface area contributed by atoms with Gasteiger partial charge in [0.2, 0.25) is 0 Å². The van der Waals surface area contributed by atoms with E-state index in [-0.39, 0.29) is 49.7 Å². The Morgan fingerprint density at radius 3 is 1.31 bits per heavy atom. The number of carbonyl (C=O) groups is 4. The van der Waals surface area contributed by atoms with Crippen molar-refractivity contribution in [1.82, 2.24) is 10.6 Å². The molecule has 0 unspecified atom stereocenters. The standard InChI is InChI=1S/C24H24N2O6/c1-3-21(27)17-5-9-19(10-6-17)31-15-23(29)25-13-14-26-24(30)16-32-20-11-7-18(8-12-20)22(28)4-2/h3-12H,1-2,13-16H2,(H,25,29)(H,26,30). The van der Waals surface area contributed by atoms with Crippen molar-refractivity contribution >= 4 is 23.4 Å². The minimum Gasteiger partial charge on any atom is -0.484 e. The molecule has 8 nitrogen and oxygen atoms in total. The molecule has 0 fully saturated rings. The Morgan fingerprint density at radius 2 is 1.00 bits per heavy atom. The zero-order valence-corrected chi connectivity index (χ0v) is 17.5. The van der Waals surface area contributed by atoms with Gasteiger partial charge in [-0.3, -0.25) is 19.2 Å². The smallest absolute Gasteiger partial charge is 0.258 e. The van der Waals surface area contributed by atoms with Crippen LogP contribution in [0.5, 0.6) is 11.5 Å². The highest BCUT2D eigenvalue weighted by atomic mass is 16.5. The van der Waals surface area contributed by atoms with E-state index < -0.39 is 0 Å². The van der Waals surface area contributed by atoms with E-state index in [9.17, 15) is 19.2 Å². The van der Waals surface area contributed by atoms with Crippen molar-refractivity contribution < 1.29 is 28.7 Å². The van der Waals surface area contributed by atoms with Crippen LogP contribution in [0.3, 0.4) is 0 Å². The van der Waals surface area contributed by atoms with Crippen molar-refractivity contribution in [3.8, 4) is 11.5 Å². The van der Waals surface area contributed by atoms with Crippen LogP contribution in [0.25, 0.3) is 0 Å². The van der Waals surface area contributed by atoms with Crippen LogP contribution in [0.1, 0.15) is 20.7 Å². The second kappa shape index (κ2) is 12.5. The van der Waals surface area contributed by atoms with E-state index >= 15 is 0 Å². The highest BCUT2D eigenvalue weighted by Crippen LogP contribution is 2.13. The molecule has 0 aliphatic heterocycles. The maximum Gasteiger partial charge on any atom is 0.258 e. The van der Waals surface area contributed by atoms with Crippen LogP contribution in [-0.2, 0) is 9.59 Å². The van der Waals surface area contributed by atoms with Gasteiger partial charge in [-0.25, -0.2) is 0 Å². The topological polar surface area (TPSA) is 111 Å². The fourth-order valence-corrected chi connectivity index (χ4v) is 2.47. The minimum absolute atomic E-state index is 0.195. The van der Waals surface area contributed by atoms with Gasteiger partial charge in [0.1, 0.15) is 11.5 Å². The Labute approximate surface area is 185 Å². The van der Waals surface area contributed by atoms with Gasteiger partial charge in [0.05, 0.1) is 0 Å². The molecule has 0 saturated carbocycles. The number of hydrogen-bond acceptors (Lipinski definition) is 6. The molecule has 2 aromatic rings. The van der Waals surface area contributed by atoms with Gasteiger partial charge in [-0.1, -0.05) is 13.2 Å². The van der Waals surface area contributed by atoms with Crippen molar-refractivity contribution in [2.75, 3.05) is 26.3 Å². The van der Waals surface area contributed by atoms with Crippen LogP contribution < -0.4 is 20.1 Å². The second-order valence-electron chi connectivity index (χ2n) is 6.46. The maximum atomic E-state index is 11.8. The van der Waals surface area contributed by atoms with E-state index in [0.717, 1.165) is 0 Å². The summed E-state index contributed by atoms with van der Waals surface area (Å²) < 4.78 is 10.7. The summed E-state index contributed by atoms with van der Waals surface area (Å²) in [5.41, 5.74) is 0.965. The molecule has 0 atom stereocenters. The van der Waals surface area contributed by atoms with Crippen LogP contribution >= 0.6 is 0 Å². The van der Waals surface area contributed by atoms with E-state index in [1.54, 1.807) is 48.5 Å². The van der Waals surface area contributed by atoms with Crippen molar-refractivity contribution in [3.05, 3.63) is 85.0 Å². The molecule has 2 rings (SSSR count). The lowest BCUT2D eigenvalue weighted by Gasteiger charge is -2.10. The summed E-state index contributed by atoms with van der Waals surface area (Å²) in [6.45, 7) is 6.89. The summed E-state index contributed by atoms with van der Waals surface area (Å²) >= 11 is 0. The first-order chi connectivity index (χ1) is 15.4. The Bertz CT molecular complexity index is 899. The highest BCUT2D eigenvalue weighted by Gasteiger charge is 2.07. The number of ether oxygens (including phenoxy) is 2. The summed E-state index contributed by atoms with van der Waals surface area (Å²) in [5.74, 6) is -0.188. The summed E-state index contributed by atoms with van der Waals surface area (Å²) in [4.78, 5) is 46.6. The maximum absolute atomic E-state index is 11.8. The highest BCUT2D eigenvalue weighted by molar-refractivity contribution is 6.04. The van der Waals surface area contributed by atoms with Crippen molar-refractivity contribution in [1.29, 1.82) is 0 Å². The number of hydrogen-bond donors (Lipinski definition) is 2. The fraction of sp³-hybridized carbons (Fsp3) is 0.167. The van der Waals surface area contributed by atoms with Crippen LogP contribution in [0.4, 0.5) is 0 Å². The Kier molecular flexibility index (Phi) is 9.39. The monoisotopic (exact) mass is 436 g/mol. The van der Waals surface area contributed by atoms with E-state index in [1.807, 2.05) is 0 Å². The lowest BCUT2D eigenvalue weighted by atomic mass is 10.1. The van der Waals surface area contributed by atoms with Crippen LogP contribution in [-0.4, -0.2) is 49.7 Å². The molecule has 2 amide bonds. The fourth-order valence-electron chi connectivity index (χ4n) is 2.47. The molecule has 0 saturated heterocycles. The molecule has 166 valence electrons. The van der Waals surface area contributed by atoms with Gasteiger partial charge in [0.25, 0.3) is 11.8 Å². The van der Waals surface area contributed by atoms with Crippen molar-refractivity contribution in [3.63, 3.8) is 0 Å². The molecule has 2 N–H and O–H groups in total. The molecule has 0 heterocycles. The quantitative estimate of drug-likeness (QED) is 0.283. The summed E-state index contributed by atoms with van der Waals surface area (Å²) in [6, 6.07) is 12.7. The molecule has 0 aromatic heterocycles. The van der Waals surface area contributed by atoms with Gasteiger partial charge in [-0.05, 0) is 60.7 Å². The van der Waals surface area contributed by atoms with Gasteiger partial charge in [0, 0.05) is 24.2 Å². The third-order valence-corrected chi connectivity index (χ3v) is 4.16. The third-order valence-electron chi connectivity index (χ3n) is 4.16. The molecule has 0 aliphatic carbocycles. The van der Waals surface area contributed by atoms with Gasteiger partial charge < -0.3 is 20.1 Å². The number of rotatable bonds is 13. The first-order valence-electron chi connectivity index (χ1n) is 9.75. The number of benzene rings is 2. The molecule has 32 heavy (non-hydrogen) atoms. The van der Waals surface area contributed by atoms with E-state index in [2.05, 4.69) is 23.8 Å². The zero-order chi connectivity index (χ0) is 23.3. The number of amides is 2.